The second kappa shape index (κ2) is 10.3. The van der Waals surface area contributed by atoms with Gasteiger partial charge >= 0.3 is 0 Å². The minimum Gasteiger partial charge on any atom is -0.491 e. The molecule has 0 aliphatic heterocycles. The Hall–Kier alpha value is -4.12. The molecular weight excluding hydrogens is 398 g/mol. The molecule has 0 bridgehead atoms. The maximum absolute atomic E-state index is 13.2. The van der Waals surface area contributed by atoms with Gasteiger partial charge in [0.25, 0.3) is 0 Å². The summed E-state index contributed by atoms with van der Waals surface area (Å²) in [6, 6.07) is 17.4. The molecule has 0 aliphatic rings. The van der Waals surface area contributed by atoms with E-state index in [1.807, 2.05) is 79.6 Å². The van der Waals surface area contributed by atoms with Crippen LogP contribution in [0.15, 0.2) is 98.1 Å². The highest BCUT2D eigenvalue weighted by Gasteiger charge is 2.21. The van der Waals surface area contributed by atoms with E-state index in [4.69, 9.17) is 4.74 Å². The first kappa shape index (κ1) is 22.6. The van der Waals surface area contributed by atoms with Crippen LogP contribution in [0.1, 0.15) is 16.8 Å². The quantitative estimate of drug-likeness (QED) is 0.255. The van der Waals surface area contributed by atoms with Gasteiger partial charge in [-0.2, -0.15) is 5.10 Å². The summed E-state index contributed by atoms with van der Waals surface area (Å²) in [7, 11) is 3.36. The standard InChI is InChI=1S/C27H27N3O2/c1-6-7-12-22-13-11-16-24(20(22)2)29(4)19-26(32-5)27(31)21(3)25-17-18-28-30(25)23-14-9-8-10-15-23/h6-19H,1,3H2,2,4-5H3/b12-7-,26-19+. The Balaban J connectivity index is 1.90. The van der Waals surface area contributed by atoms with Gasteiger partial charge in [0, 0.05) is 18.3 Å². The third-order valence-corrected chi connectivity index (χ3v) is 5.12. The van der Waals surface area contributed by atoms with E-state index < -0.39 is 0 Å². The molecule has 0 saturated heterocycles. The van der Waals surface area contributed by atoms with Crippen LogP contribution in [0, 0.1) is 6.92 Å². The number of para-hydroxylation sites is 1. The fourth-order valence-corrected chi connectivity index (χ4v) is 3.40. The van der Waals surface area contributed by atoms with Crippen LogP contribution in [-0.2, 0) is 9.53 Å². The average Bonchev–Trinajstić information content (AvgIpc) is 3.31. The molecule has 0 amide bonds. The van der Waals surface area contributed by atoms with Crippen LogP contribution in [-0.4, -0.2) is 29.7 Å². The molecule has 0 fully saturated rings. The van der Waals surface area contributed by atoms with Crippen molar-refractivity contribution in [2.75, 3.05) is 19.1 Å². The number of benzene rings is 2. The summed E-state index contributed by atoms with van der Waals surface area (Å²) in [4.78, 5) is 15.1. The Morgan fingerprint density at radius 3 is 2.56 bits per heavy atom. The molecule has 2 aromatic carbocycles. The minimum absolute atomic E-state index is 0.185. The van der Waals surface area contributed by atoms with Gasteiger partial charge < -0.3 is 9.64 Å². The van der Waals surface area contributed by atoms with Gasteiger partial charge in [0.05, 0.1) is 30.9 Å². The van der Waals surface area contributed by atoms with Gasteiger partial charge in [-0.3, -0.25) is 4.79 Å². The first-order valence-corrected chi connectivity index (χ1v) is 10.2. The van der Waals surface area contributed by atoms with Gasteiger partial charge in [-0.25, -0.2) is 4.68 Å². The molecule has 162 valence electrons. The van der Waals surface area contributed by atoms with Crippen LogP contribution in [0.3, 0.4) is 0 Å². The van der Waals surface area contributed by atoms with E-state index in [0.29, 0.717) is 11.3 Å². The maximum atomic E-state index is 13.2. The lowest BCUT2D eigenvalue weighted by Crippen LogP contribution is -2.17. The summed E-state index contributed by atoms with van der Waals surface area (Å²) < 4.78 is 7.15. The lowest BCUT2D eigenvalue weighted by molar-refractivity contribution is -0.113. The van der Waals surface area contributed by atoms with Gasteiger partial charge in [0.1, 0.15) is 0 Å². The summed E-state index contributed by atoms with van der Waals surface area (Å²) in [6.07, 6.45) is 8.96. The SMILES string of the molecule is C=C/C=C\c1cccc(N(C)/C=C(/OC)C(=O)C(=C)c2ccnn2-c2ccccc2)c1C. The highest BCUT2D eigenvalue weighted by molar-refractivity contribution is 6.27. The predicted molar refractivity (Wildman–Crippen MR) is 132 cm³/mol. The highest BCUT2D eigenvalue weighted by atomic mass is 16.5. The Morgan fingerprint density at radius 1 is 1.12 bits per heavy atom. The van der Waals surface area contributed by atoms with Crippen LogP contribution >= 0.6 is 0 Å². The molecule has 3 rings (SSSR count). The normalized spacial score (nSPS) is 11.4. The summed E-state index contributed by atoms with van der Waals surface area (Å²) in [6.45, 7) is 9.79. The zero-order valence-electron chi connectivity index (χ0n) is 18.7. The van der Waals surface area contributed by atoms with E-state index in [1.54, 1.807) is 29.2 Å². The van der Waals surface area contributed by atoms with Crippen molar-refractivity contribution in [2.45, 2.75) is 6.92 Å². The van der Waals surface area contributed by atoms with Crippen molar-refractivity contribution < 1.29 is 9.53 Å². The van der Waals surface area contributed by atoms with Gasteiger partial charge in [-0.15, -0.1) is 0 Å². The molecule has 5 heteroatoms. The molecule has 5 nitrogen and oxygen atoms in total. The number of ketones is 1. The number of carbonyl (C=O) groups excluding carboxylic acids is 1. The number of anilines is 1. The van der Waals surface area contributed by atoms with Gasteiger partial charge in [0.2, 0.25) is 5.78 Å². The number of carbonyl (C=O) groups is 1. The van der Waals surface area contributed by atoms with Gasteiger partial charge in [0.15, 0.2) is 5.76 Å². The number of hydrogen-bond acceptors (Lipinski definition) is 4. The van der Waals surface area contributed by atoms with Crippen LogP contribution < -0.4 is 4.90 Å². The summed E-state index contributed by atoms with van der Waals surface area (Å²) in [5, 5.41) is 4.35. The number of aromatic nitrogens is 2. The largest absolute Gasteiger partial charge is 0.491 e. The van der Waals surface area contributed by atoms with E-state index in [0.717, 1.165) is 22.5 Å². The summed E-state index contributed by atoms with van der Waals surface area (Å²) in [5.41, 5.74) is 4.86. The Kier molecular flexibility index (Phi) is 7.24. The molecule has 32 heavy (non-hydrogen) atoms. The maximum Gasteiger partial charge on any atom is 0.230 e. The number of Topliss-reactive ketones (excluding diaryl/α,β-unsaturated/α-hetero) is 1. The van der Waals surface area contributed by atoms with Crippen LogP contribution in [0.4, 0.5) is 5.69 Å². The second-order valence-corrected chi connectivity index (χ2v) is 7.17. The van der Waals surface area contributed by atoms with Crippen molar-refractivity contribution in [3.63, 3.8) is 0 Å². The number of rotatable bonds is 9. The molecule has 3 aromatic rings. The molecule has 1 aromatic heterocycles. The van der Waals surface area contributed by atoms with Crippen molar-refractivity contribution in [1.82, 2.24) is 9.78 Å². The second-order valence-electron chi connectivity index (χ2n) is 7.17. The van der Waals surface area contributed by atoms with Gasteiger partial charge in [-0.1, -0.05) is 61.7 Å². The number of ether oxygens (including phenoxy) is 1. The fourth-order valence-electron chi connectivity index (χ4n) is 3.40. The molecule has 1 heterocycles. The fraction of sp³-hybridized carbons (Fsp3) is 0.111. The van der Waals surface area contributed by atoms with E-state index in [2.05, 4.69) is 18.3 Å². The van der Waals surface area contributed by atoms with Crippen molar-refractivity contribution in [1.29, 1.82) is 0 Å². The van der Waals surface area contributed by atoms with Crippen molar-refractivity contribution in [3.05, 3.63) is 115 Å². The first-order chi connectivity index (χ1) is 15.5. The van der Waals surface area contributed by atoms with E-state index >= 15 is 0 Å². The van der Waals surface area contributed by atoms with Crippen LogP contribution in [0.5, 0.6) is 0 Å². The number of nitrogens with zero attached hydrogens (tertiary/aromatic N) is 3. The van der Waals surface area contributed by atoms with Crippen LogP contribution in [0.25, 0.3) is 17.3 Å². The van der Waals surface area contributed by atoms with Crippen molar-refractivity contribution in [2.24, 2.45) is 0 Å². The number of methoxy groups -OCH3 is 1. The number of hydrogen-bond donors (Lipinski definition) is 0. The lowest BCUT2D eigenvalue weighted by atomic mass is 10.1. The van der Waals surface area contributed by atoms with E-state index in [1.165, 1.54) is 7.11 Å². The zero-order valence-corrected chi connectivity index (χ0v) is 18.7. The molecule has 0 unspecified atom stereocenters. The third kappa shape index (κ3) is 4.78. The predicted octanol–water partition coefficient (Wildman–Crippen LogP) is 5.59. The monoisotopic (exact) mass is 425 g/mol. The summed E-state index contributed by atoms with van der Waals surface area (Å²) >= 11 is 0. The smallest absolute Gasteiger partial charge is 0.230 e. The average molecular weight is 426 g/mol. The third-order valence-electron chi connectivity index (χ3n) is 5.12. The van der Waals surface area contributed by atoms with Crippen LogP contribution in [0.2, 0.25) is 0 Å². The molecule has 0 spiro atoms. The number of allylic oxidation sites excluding steroid dienone is 3. The molecule has 0 radical (unpaired) electrons. The lowest BCUT2D eigenvalue weighted by Gasteiger charge is -2.20. The Morgan fingerprint density at radius 2 is 1.88 bits per heavy atom. The first-order valence-electron chi connectivity index (χ1n) is 10.2. The van der Waals surface area contributed by atoms with Crippen molar-refractivity contribution >= 4 is 23.1 Å². The van der Waals surface area contributed by atoms with E-state index in [9.17, 15) is 4.79 Å². The van der Waals surface area contributed by atoms with E-state index in [-0.39, 0.29) is 11.5 Å². The Bertz CT molecular complexity index is 1190. The topological polar surface area (TPSA) is 47.4 Å². The molecule has 0 N–H and O–H groups in total. The zero-order chi connectivity index (χ0) is 23.1. The van der Waals surface area contributed by atoms with Crippen molar-refractivity contribution in [3.8, 4) is 5.69 Å². The molecule has 0 saturated carbocycles. The molecule has 0 aliphatic carbocycles. The molecular formula is C27H27N3O2. The summed E-state index contributed by atoms with van der Waals surface area (Å²) in [5.74, 6) is -0.123. The highest BCUT2D eigenvalue weighted by Crippen LogP contribution is 2.26. The van der Waals surface area contributed by atoms with Gasteiger partial charge in [-0.05, 0) is 42.3 Å². The minimum atomic E-state index is -0.308. The molecule has 0 atom stereocenters. The Labute approximate surface area is 189 Å².